The van der Waals surface area contributed by atoms with E-state index in [1.165, 1.54) is 32.0 Å². The van der Waals surface area contributed by atoms with E-state index in [0.717, 1.165) is 0 Å². The SMILES string of the molecule is CCS(=O)(=O)[C@@H](C)[C@@H](O)c1ccccc1F. The van der Waals surface area contributed by atoms with Crippen LogP contribution in [0.2, 0.25) is 0 Å². The van der Waals surface area contributed by atoms with E-state index in [-0.39, 0.29) is 11.3 Å². The first-order valence-corrected chi connectivity index (χ1v) is 6.75. The Kier molecular flexibility index (Phi) is 4.04. The number of halogens is 1. The summed E-state index contributed by atoms with van der Waals surface area (Å²) in [4.78, 5) is 0. The minimum atomic E-state index is -3.38. The van der Waals surface area contributed by atoms with Gasteiger partial charge in [-0.15, -0.1) is 0 Å². The zero-order valence-corrected chi connectivity index (χ0v) is 10.0. The first kappa shape index (κ1) is 13.1. The van der Waals surface area contributed by atoms with E-state index >= 15 is 0 Å². The van der Waals surface area contributed by atoms with E-state index in [4.69, 9.17) is 0 Å². The third-order valence-electron chi connectivity index (χ3n) is 2.64. The standard InChI is InChI=1S/C11H15FO3S/c1-3-16(14,15)8(2)11(13)9-6-4-5-7-10(9)12/h4-8,11,13H,3H2,1-2H3/t8-,11+/m0/s1. The highest BCUT2D eigenvalue weighted by atomic mass is 32.2. The van der Waals surface area contributed by atoms with Gasteiger partial charge in [0, 0.05) is 11.3 Å². The van der Waals surface area contributed by atoms with Crippen LogP contribution >= 0.6 is 0 Å². The molecule has 1 aromatic rings. The van der Waals surface area contributed by atoms with Crippen molar-refractivity contribution in [2.75, 3.05) is 5.75 Å². The number of aliphatic hydroxyl groups excluding tert-OH is 1. The maximum absolute atomic E-state index is 13.3. The predicted molar refractivity (Wildman–Crippen MR) is 60.3 cm³/mol. The molecule has 1 aromatic carbocycles. The molecule has 0 heterocycles. The van der Waals surface area contributed by atoms with Gasteiger partial charge >= 0.3 is 0 Å². The second-order valence-electron chi connectivity index (χ2n) is 3.62. The van der Waals surface area contributed by atoms with Crippen LogP contribution in [0.1, 0.15) is 25.5 Å². The van der Waals surface area contributed by atoms with Gasteiger partial charge in [0.1, 0.15) is 5.82 Å². The molecule has 0 aliphatic rings. The van der Waals surface area contributed by atoms with Gasteiger partial charge in [-0.2, -0.15) is 0 Å². The van der Waals surface area contributed by atoms with Crippen LogP contribution in [0.4, 0.5) is 4.39 Å². The monoisotopic (exact) mass is 246 g/mol. The maximum atomic E-state index is 13.3. The Labute approximate surface area is 94.8 Å². The highest BCUT2D eigenvalue weighted by Gasteiger charge is 2.29. The van der Waals surface area contributed by atoms with E-state index in [1.54, 1.807) is 6.07 Å². The van der Waals surface area contributed by atoms with Crippen molar-refractivity contribution in [3.8, 4) is 0 Å². The summed E-state index contributed by atoms with van der Waals surface area (Å²) in [6.07, 6.45) is -1.33. The summed E-state index contributed by atoms with van der Waals surface area (Å²) in [6.45, 7) is 2.88. The van der Waals surface area contributed by atoms with E-state index in [9.17, 15) is 17.9 Å². The number of hydrogen-bond donors (Lipinski definition) is 1. The fourth-order valence-corrected chi connectivity index (χ4v) is 2.49. The molecular formula is C11H15FO3S. The molecule has 90 valence electrons. The molecule has 0 aliphatic carbocycles. The van der Waals surface area contributed by atoms with E-state index in [2.05, 4.69) is 0 Å². The fraction of sp³-hybridized carbons (Fsp3) is 0.455. The molecule has 0 spiro atoms. The van der Waals surface area contributed by atoms with Crippen LogP contribution in [0.3, 0.4) is 0 Å². The lowest BCUT2D eigenvalue weighted by molar-refractivity contribution is 0.171. The van der Waals surface area contributed by atoms with Crippen LogP contribution in [0.15, 0.2) is 24.3 Å². The van der Waals surface area contributed by atoms with Gasteiger partial charge in [-0.05, 0) is 13.0 Å². The minimum absolute atomic E-state index is 0.0204. The summed E-state index contributed by atoms with van der Waals surface area (Å²) in [5, 5.41) is 8.81. The molecule has 2 atom stereocenters. The van der Waals surface area contributed by atoms with Crippen molar-refractivity contribution in [3.63, 3.8) is 0 Å². The number of sulfone groups is 1. The van der Waals surface area contributed by atoms with Crippen molar-refractivity contribution >= 4 is 9.84 Å². The van der Waals surface area contributed by atoms with Gasteiger partial charge < -0.3 is 5.11 Å². The van der Waals surface area contributed by atoms with Gasteiger partial charge in [0.15, 0.2) is 9.84 Å². The summed E-state index contributed by atoms with van der Waals surface area (Å²) in [5.74, 6) is -0.659. The molecule has 5 heteroatoms. The van der Waals surface area contributed by atoms with Crippen molar-refractivity contribution in [1.82, 2.24) is 0 Å². The van der Waals surface area contributed by atoms with Crippen LogP contribution < -0.4 is 0 Å². The first-order valence-electron chi connectivity index (χ1n) is 5.04. The molecule has 0 bridgehead atoms. The third-order valence-corrected chi connectivity index (χ3v) is 4.83. The summed E-state index contributed by atoms with van der Waals surface area (Å²) >= 11 is 0. The molecule has 3 nitrogen and oxygen atoms in total. The van der Waals surface area contributed by atoms with E-state index < -0.39 is 27.0 Å². The van der Waals surface area contributed by atoms with Gasteiger partial charge in [-0.25, -0.2) is 12.8 Å². The van der Waals surface area contributed by atoms with Crippen molar-refractivity contribution in [2.24, 2.45) is 0 Å². The number of benzene rings is 1. The first-order chi connectivity index (χ1) is 7.40. The Morgan fingerprint density at radius 1 is 1.38 bits per heavy atom. The van der Waals surface area contributed by atoms with Gasteiger partial charge in [0.25, 0.3) is 0 Å². The average Bonchev–Trinajstić information content (AvgIpc) is 2.27. The number of rotatable bonds is 4. The second kappa shape index (κ2) is 4.93. The Hall–Kier alpha value is -0.940. The van der Waals surface area contributed by atoms with Gasteiger partial charge in [0.05, 0.1) is 11.4 Å². The van der Waals surface area contributed by atoms with Crippen molar-refractivity contribution in [1.29, 1.82) is 0 Å². The molecule has 0 saturated heterocycles. The van der Waals surface area contributed by atoms with Crippen LogP contribution in [0.5, 0.6) is 0 Å². The Morgan fingerprint density at radius 3 is 2.44 bits per heavy atom. The molecular weight excluding hydrogens is 231 g/mol. The largest absolute Gasteiger partial charge is 0.387 e. The summed E-state index contributed by atoms with van der Waals surface area (Å²) < 4.78 is 36.4. The molecule has 1 rings (SSSR count). The van der Waals surface area contributed by atoms with Gasteiger partial charge in [0.2, 0.25) is 0 Å². The molecule has 0 unspecified atom stereocenters. The summed E-state index contributed by atoms with van der Waals surface area (Å²) in [5.41, 5.74) is 0.0204. The number of aliphatic hydroxyl groups is 1. The zero-order chi connectivity index (χ0) is 12.3. The smallest absolute Gasteiger partial charge is 0.155 e. The van der Waals surface area contributed by atoms with Crippen molar-refractivity contribution in [3.05, 3.63) is 35.6 Å². The molecule has 0 aromatic heterocycles. The zero-order valence-electron chi connectivity index (χ0n) is 9.22. The molecule has 0 aliphatic heterocycles. The second-order valence-corrected chi connectivity index (χ2v) is 6.27. The average molecular weight is 246 g/mol. The van der Waals surface area contributed by atoms with Crippen LogP contribution in [0, 0.1) is 5.82 Å². The quantitative estimate of drug-likeness (QED) is 0.879. The van der Waals surface area contributed by atoms with Crippen molar-refractivity contribution < 1.29 is 17.9 Å². The lowest BCUT2D eigenvalue weighted by Crippen LogP contribution is -2.27. The third kappa shape index (κ3) is 2.59. The molecule has 0 fully saturated rings. The van der Waals surface area contributed by atoms with Gasteiger partial charge in [-0.1, -0.05) is 25.1 Å². The lowest BCUT2D eigenvalue weighted by atomic mass is 10.1. The Balaban J connectivity index is 3.04. The van der Waals surface area contributed by atoms with Crippen LogP contribution in [-0.4, -0.2) is 24.5 Å². The topological polar surface area (TPSA) is 54.4 Å². The summed E-state index contributed by atoms with van der Waals surface area (Å²) in [7, 11) is -3.38. The Morgan fingerprint density at radius 2 is 1.94 bits per heavy atom. The Bertz CT molecular complexity index is 456. The summed E-state index contributed by atoms with van der Waals surface area (Å²) in [6, 6.07) is 5.64. The van der Waals surface area contributed by atoms with E-state index in [1.807, 2.05) is 0 Å². The lowest BCUT2D eigenvalue weighted by Gasteiger charge is -2.19. The van der Waals surface area contributed by atoms with Crippen LogP contribution in [-0.2, 0) is 9.84 Å². The molecule has 0 saturated carbocycles. The highest BCUT2D eigenvalue weighted by Crippen LogP contribution is 2.24. The minimum Gasteiger partial charge on any atom is -0.387 e. The van der Waals surface area contributed by atoms with E-state index in [0.29, 0.717) is 0 Å². The molecule has 1 N–H and O–H groups in total. The highest BCUT2D eigenvalue weighted by molar-refractivity contribution is 7.92. The van der Waals surface area contributed by atoms with Gasteiger partial charge in [-0.3, -0.25) is 0 Å². The van der Waals surface area contributed by atoms with Crippen molar-refractivity contribution in [2.45, 2.75) is 25.2 Å². The van der Waals surface area contributed by atoms with Crippen LogP contribution in [0.25, 0.3) is 0 Å². The molecule has 16 heavy (non-hydrogen) atoms. The fourth-order valence-electron chi connectivity index (χ4n) is 1.43. The normalized spacial score (nSPS) is 15.8. The molecule has 0 radical (unpaired) electrons. The maximum Gasteiger partial charge on any atom is 0.155 e. The molecule has 0 amide bonds. The predicted octanol–water partition coefficient (Wildman–Crippen LogP) is 1.68. The number of hydrogen-bond acceptors (Lipinski definition) is 3.